The number of amides is 2. The van der Waals surface area contributed by atoms with E-state index in [2.05, 4.69) is 5.10 Å². The van der Waals surface area contributed by atoms with E-state index in [1.54, 1.807) is 10.9 Å². The van der Waals surface area contributed by atoms with E-state index in [-0.39, 0.29) is 17.7 Å². The number of nitrogens with zero attached hydrogens (tertiary/aromatic N) is 4. The number of carbonyl (C=O) groups is 2. The number of carbonyl (C=O) groups excluding carboxylic acids is 2. The van der Waals surface area contributed by atoms with Crippen LogP contribution in [0, 0.1) is 12.8 Å². The highest BCUT2D eigenvalue weighted by molar-refractivity contribution is 5.97. The van der Waals surface area contributed by atoms with Crippen molar-refractivity contribution >= 4 is 11.8 Å². The highest BCUT2D eigenvalue weighted by Gasteiger charge is 2.28. The molecule has 0 spiro atoms. The van der Waals surface area contributed by atoms with Gasteiger partial charge in [0, 0.05) is 45.3 Å². The molecule has 0 saturated carbocycles. The molecule has 4 rings (SSSR count). The van der Waals surface area contributed by atoms with E-state index >= 15 is 0 Å². The molecule has 7 nitrogen and oxygen atoms in total. The fourth-order valence-electron chi connectivity index (χ4n) is 4.43. The van der Waals surface area contributed by atoms with Crippen LogP contribution in [0.3, 0.4) is 0 Å². The largest absolute Gasteiger partial charge is 0.492 e. The Morgan fingerprint density at radius 3 is 2.47 bits per heavy atom. The number of hydrogen-bond donors (Lipinski definition) is 0. The van der Waals surface area contributed by atoms with Crippen LogP contribution in [-0.2, 0) is 7.05 Å². The van der Waals surface area contributed by atoms with Gasteiger partial charge in [-0.05, 0) is 44.7 Å². The molecular formula is C23H30N4O3. The number of piperidine rings is 1. The minimum absolute atomic E-state index is 0.0370. The van der Waals surface area contributed by atoms with Gasteiger partial charge in [0.15, 0.2) is 0 Å². The maximum absolute atomic E-state index is 12.9. The van der Waals surface area contributed by atoms with E-state index in [9.17, 15) is 9.59 Å². The number of hydrogen-bond acceptors (Lipinski definition) is 4. The van der Waals surface area contributed by atoms with Crippen LogP contribution >= 0.6 is 0 Å². The van der Waals surface area contributed by atoms with Crippen LogP contribution in [0.15, 0.2) is 30.5 Å². The Hall–Kier alpha value is -2.83. The number of ether oxygens (including phenoxy) is 1. The maximum Gasteiger partial charge on any atom is 0.257 e. The van der Waals surface area contributed by atoms with E-state index in [1.807, 2.05) is 48.0 Å². The summed E-state index contributed by atoms with van der Waals surface area (Å²) in [4.78, 5) is 29.6. The van der Waals surface area contributed by atoms with Crippen LogP contribution in [0.25, 0.3) is 0 Å². The van der Waals surface area contributed by atoms with Crippen molar-refractivity contribution in [1.82, 2.24) is 19.6 Å². The zero-order chi connectivity index (χ0) is 21.1. The van der Waals surface area contributed by atoms with Gasteiger partial charge in [-0.2, -0.15) is 5.10 Å². The third-order valence-electron chi connectivity index (χ3n) is 6.04. The molecule has 0 N–H and O–H groups in total. The second-order valence-electron chi connectivity index (χ2n) is 8.37. The average Bonchev–Trinajstić information content (AvgIpc) is 3.41. The Morgan fingerprint density at radius 1 is 1.03 bits per heavy atom. The van der Waals surface area contributed by atoms with Crippen molar-refractivity contribution in [2.75, 3.05) is 32.8 Å². The number of para-hydroxylation sites is 1. The first-order chi connectivity index (χ1) is 14.5. The molecule has 30 heavy (non-hydrogen) atoms. The van der Waals surface area contributed by atoms with Gasteiger partial charge in [0.25, 0.3) is 11.8 Å². The Balaban J connectivity index is 1.39. The molecule has 2 aliphatic rings. The number of aromatic nitrogens is 2. The fraction of sp³-hybridized carbons (Fsp3) is 0.522. The Bertz CT molecular complexity index is 917. The minimum atomic E-state index is 0.0370. The number of aryl methyl sites for hydroxylation is 2. The van der Waals surface area contributed by atoms with E-state index in [0.717, 1.165) is 51.0 Å². The maximum atomic E-state index is 12.9. The van der Waals surface area contributed by atoms with Crippen LogP contribution < -0.4 is 4.74 Å². The lowest BCUT2D eigenvalue weighted by Gasteiger charge is -2.32. The smallest absolute Gasteiger partial charge is 0.257 e. The SMILES string of the molecule is Cc1nn(C)cc1C(=O)N1CCCC(COc2ccccc2C(=O)N2CCCC2)C1. The Morgan fingerprint density at radius 2 is 1.73 bits per heavy atom. The highest BCUT2D eigenvalue weighted by Crippen LogP contribution is 2.25. The van der Waals surface area contributed by atoms with Crippen molar-refractivity contribution < 1.29 is 14.3 Å². The summed E-state index contributed by atoms with van der Waals surface area (Å²) in [5.74, 6) is 0.973. The minimum Gasteiger partial charge on any atom is -0.492 e. The van der Waals surface area contributed by atoms with Gasteiger partial charge in [-0.3, -0.25) is 14.3 Å². The topological polar surface area (TPSA) is 67.7 Å². The quantitative estimate of drug-likeness (QED) is 0.760. The summed E-state index contributed by atoms with van der Waals surface area (Å²) in [5.41, 5.74) is 2.06. The van der Waals surface area contributed by atoms with Crippen LogP contribution in [0.1, 0.15) is 52.1 Å². The highest BCUT2D eigenvalue weighted by atomic mass is 16.5. The number of rotatable bonds is 5. The first kappa shape index (κ1) is 20.4. The second-order valence-corrected chi connectivity index (χ2v) is 8.37. The molecule has 2 aromatic rings. The predicted molar refractivity (Wildman–Crippen MR) is 114 cm³/mol. The van der Waals surface area contributed by atoms with Crippen molar-refractivity contribution in [3.05, 3.63) is 47.3 Å². The van der Waals surface area contributed by atoms with Crippen molar-refractivity contribution in [3.8, 4) is 5.75 Å². The van der Waals surface area contributed by atoms with Gasteiger partial charge < -0.3 is 14.5 Å². The lowest BCUT2D eigenvalue weighted by molar-refractivity contribution is 0.0631. The summed E-state index contributed by atoms with van der Waals surface area (Å²) >= 11 is 0. The molecular weight excluding hydrogens is 380 g/mol. The van der Waals surface area contributed by atoms with Gasteiger partial charge in [0.05, 0.1) is 23.4 Å². The first-order valence-corrected chi connectivity index (χ1v) is 10.8. The molecule has 1 unspecified atom stereocenters. The van der Waals surface area contributed by atoms with Gasteiger partial charge >= 0.3 is 0 Å². The summed E-state index contributed by atoms with van der Waals surface area (Å²) in [7, 11) is 1.83. The van der Waals surface area contributed by atoms with Crippen molar-refractivity contribution in [2.24, 2.45) is 13.0 Å². The normalized spacial score (nSPS) is 19.2. The molecule has 160 valence electrons. The molecule has 0 aliphatic carbocycles. The Kier molecular flexibility index (Phi) is 6.06. The van der Waals surface area contributed by atoms with Crippen LogP contribution in [0.2, 0.25) is 0 Å². The van der Waals surface area contributed by atoms with Crippen LogP contribution in [0.4, 0.5) is 0 Å². The standard InChI is InChI=1S/C23H30N4O3/c1-17-20(15-25(2)24-17)23(29)27-13-7-8-18(14-27)16-30-21-10-4-3-9-19(21)22(28)26-11-5-6-12-26/h3-4,9-10,15,18H,5-8,11-14,16H2,1-2H3. The lowest BCUT2D eigenvalue weighted by Crippen LogP contribution is -2.41. The lowest BCUT2D eigenvalue weighted by atomic mass is 9.98. The van der Waals surface area contributed by atoms with Gasteiger partial charge in [0.2, 0.25) is 0 Å². The summed E-state index contributed by atoms with van der Waals surface area (Å²) in [6.45, 7) is 5.43. The molecule has 7 heteroatoms. The van der Waals surface area contributed by atoms with Crippen molar-refractivity contribution in [1.29, 1.82) is 0 Å². The van der Waals surface area contributed by atoms with Gasteiger partial charge in [-0.1, -0.05) is 12.1 Å². The summed E-state index contributed by atoms with van der Waals surface area (Å²) in [6, 6.07) is 7.50. The monoisotopic (exact) mass is 410 g/mol. The summed E-state index contributed by atoms with van der Waals surface area (Å²) in [6.07, 6.45) is 5.89. The van der Waals surface area contributed by atoms with Crippen molar-refractivity contribution in [2.45, 2.75) is 32.6 Å². The molecule has 1 atom stereocenters. The summed E-state index contributed by atoms with van der Waals surface area (Å²) < 4.78 is 7.80. The average molecular weight is 411 g/mol. The molecule has 2 fully saturated rings. The molecule has 0 bridgehead atoms. The number of benzene rings is 1. The summed E-state index contributed by atoms with van der Waals surface area (Å²) in [5, 5.41) is 4.29. The molecule has 3 heterocycles. The van der Waals surface area contributed by atoms with E-state index < -0.39 is 0 Å². The predicted octanol–water partition coefficient (Wildman–Crippen LogP) is 2.90. The molecule has 2 amide bonds. The zero-order valence-electron chi connectivity index (χ0n) is 17.8. The molecule has 2 aliphatic heterocycles. The van der Waals surface area contributed by atoms with Gasteiger partial charge in [-0.25, -0.2) is 0 Å². The van der Waals surface area contributed by atoms with Crippen LogP contribution in [-0.4, -0.2) is 64.2 Å². The Labute approximate surface area is 177 Å². The van der Waals surface area contributed by atoms with Gasteiger partial charge in [0.1, 0.15) is 5.75 Å². The molecule has 1 aromatic carbocycles. The van der Waals surface area contributed by atoms with E-state index in [1.165, 1.54) is 0 Å². The van der Waals surface area contributed by atoms with E-state index in [4.69, 9.17) is 4.74 Å². The molecule has 2 saturated heterocycles. The van der Waals surface area contributed by atoms with Gasteiger partial charge in [-0.15, -0.1) is 0 Å². The fourth-order valence-corrected chi connectivity index (χ4v) is 4.43. The molecule has 1 aromatic heterocycles. The van der Waals surface area contributed by atoms with Crippen LogP contribution in [0.5, 0.6) is 5.75 Å². The molecule has 0 radical (unpaired) electrons. The second kappa shape index (κ2) is 8.90. The number of likely N-dealkylation sites (tertiary alicyclic amines) is 2. The zero-order valence-corrected chi connectivity index (χ0v) is 17.8. The van der Waals surface area contributed by atoms with Crippen molar-refractivity contribution in [3.63, 3.8) is 0 Å². The third-order valence-corrected chi connectivity index (χ3v) is 6.04. The third kappa shape index (κ3) is 4.35. The first-order valence-electron chi connectivity index (χ1n) is 10.8. The van der Waals surface area contributed by atoms with E-state index in [0.29, 0.717) is 30.0 Å².